The second kappa shape index (κ2) is 5.22. The third kappa shape index (κ3) is 2.77. The first kappa shape index (κ1) is 12.1. The molecule has 0 aliphatic rings. The highest BCUT2D eigenvalue weighted by Crippen LogP contribution is 2.24. The lowest BCUT2D eigenvalue weighted by Crippen LogP contribution is -2.04. The Bertz CT molecular complexity index is 432. The Labute approximate surface area is 91.9 Å². The van der Waals surface area contributed by atoms with Crippen molar-refractivity contribution in [2.24, 2.45) is 0 Å². The van der Waals surface area contributed by atoms with Crippen molar-refractivity contribution in [3.05, 3.63) is 39.7 Å². The Morgan fingerprint density at radius 1 is 1.62 bits per heavy atom. The summed E-state index contributed by atoms with van der Waals surface area (Å²) in [5.41, 5.74) is 5.38. The molecule has 6 heteroatoms. The summed E-state index contributed by atoms with van der Waals surface area (Å²) >= 11 is 0. The van der Waals surface area contributed by atoms with E-state index >= 15 is 0 Å². The van der Waals surface area contributed by atoms with Gasteiger partial charge in [0.05, 0.1) is 16.7 Å². The maximum Gasteiger partial charge on any atom is 0.273 e. The van der Waals surface area contributed by atoms with Crippen LogP contribution in [0.15, 0.2) is 18.2 Å². The summed E-state index contributed by atoms with van der Waals surface area (Å²) in [6, 6.07) is 2.05. The molecule has 0 fully saturated rings. The van der Waals surface area contributed by atoms with Crippen LogP contribution in [-0.4, -0.2) is 18.5 Å². The van der Waals surface area contributed by atoms with Crippen LogP contribution in [0.3, 0.4) is 0 Å². The number of halogens is 1. The predicted molar refractivity (Wildman–Crippen MR) is 60.4 cm³/mol. The molecule has 0 aliphatic carbocycles. The predicted octanol–water partition coefficient (Wildman–Crippen LogP) is 1.55. The number of hydrogen-bond donors (Lipinski definition) is 2. The van der Waals surface area contributed by atoms with Gasteiger partial charge in [-0.1, -0.05) is 12.2 Å². The average Bonchev–Trinajstić information content (AvgIpc) is 2.24. The molecule has 1 aromatic carbocycles. The fourth-order valence-corrected chi connectivity index (χ4v) is 1.17. The molecule has 86 valence electrons. The zero-order valence-electron chi connectivity index (χ0n) is 8.74. The highest BCUT2D eigenvalue weighted by atomic mass is 19.1. The number of non-ortho nitro benzene ring substituents is 1. The number of anilines is 1. The maximum atomic E-state index is 13.2. The van der Waals surface area contributed by atoms with Crippen LogP contribution in [0.25, 0.3) is 6.08 Å². The van der Waals surface area contributed by atoms with Gasteiger partial charge in [-0.15, -0.1) is 0 Å². The quantitative estimate of drug-likeness (QED) is 0.462. The van der Waals surface area contributed by atoms with E-state index in [2.05, 4.69) is 5.32 Å². The first-order valence-corrected chi connectivity index (χ1v) is 4.60. The van der Waals surface area contributed by atoms with Crippen LogP contribution in [0.2, 0.25) is 0 Å². The number of benzene rings is 1. The second-order valence-electron chi connectivity index (χ2n) is 3.15. The molecule has 1 rings (SSSR count). The molecule has 0 saturated heterocycles. The van der Waals surface area contributed by atoms with E-state index in [4.69, 9.17) is 5.73 Å². The number of rotatable bonds is 4. The zero-order chi connectivity index (χ0) is 12.1. The molecule has 0 atom stereocenters. The van der Waals surface area contributed by atoms with Crippen molar-refractivity contribution < 1.29 is 9.31 Å². The van der Waals surface area contributed by atoms with Crippen molar-refractivity contribution >= 4 is 17.5 Å². The van der Waals surface area contributed by atoms with E-state index in [9.17, 15) is 14.5 Å². The fraction of sp³-hybridized carbons (Fsp3) is 0.200. The van der Waals surface area contributed by atoms with E-state index in [0.717, 1.165) is 6.07 Å². The normalized spacial score (nSPS) is 10.9. The summed E-state index contributed by atoms with van der Waals surface area (Å²) in [6.07, 6.45) is 3.25. The van der Waals surface area contributed by atoms with E-state index in [1.807, 2.05) is 0 Å². The smallest absolute Gasteiger partial charge is 0.273 e. The lowest BCUT2D eigenvalue weighted by Gasteiger charge is -2.02. The van der Waals surface area contributed by atoms with Crippen LogP contribution in [0.4, 0.5) is 15.8 Å². The Kier molecular flexibility index (Phi) is 3.96. The molecule has 0 heterocycles. The topological polar surface area (TPSA) is 81.2 Å². The maximum absolute atomic E-state index is 13.2. The summed E-state index contributed by atoms with van der Waals surface area (Å²) in [4.78, 5) is 9.85. The van der Waals surface area contributed by atoms with Gasteiger partial charge in [0, 0.05) is 18.2 Å². The summed E-state index contributed by atoms with van der Waals surface area (Å²) in [5, 5.41) is 13.4. The molecule has 0 aliphatic heterocycles. The lowest BCUT2D eigenvalue weighted by molar-refractivity contribution is -0.385. The summed E-state index contributed by atoms with van der Waals surface area (Å²) in [7, 11) is 1.75. The summed E-state index contributed by atoms with van der Waals surface area (Å²) in [5.74, 6) is -0.779. The molecule has 3 N–H and O–H groups in total. The number of hydrogen-bond acceptors (Lipinski definition) is 4. The third-order valence-electron chi connectivity index (χ3n) is 1.98. The average molecular weight is 225 g/mol. The minimum absolute atomic E-state index is 0.0852. The SMILES string of the molecule is CNCC=Cc1cc([N+](=O)[O-])cc(F)c1N. The number of nitrogens with one attached hydrogen (secondary N) is 1. The Balaban J connectivity index is 3.11. The van der Waals surface area contributed by atoms with Crippen LogP contribution in [0.1, 0.15) is 5.56 Å². The Morgan fingerprint density at radius 2 is 2.31 bits per heavy atom. The van der Waals surface area contributed by atoms with Crippen molar-refractivity contribution in [3.63, 3.8) is 0 Å². The fourth-order valence-electron chi connectivity index (χ4n) is 1.17. The van der Waals surface area contributed by atoms with Crippen molar-refractivity contribution in [3.8, 4) is 0 Å². The molecule has 5 nitrogen and oxygen atoms in total. The van der Waals surface area contributed by atoms with Gasteiger partial charge in [-0.3, -0.25) is 10.1 Å². The molecule has 0 aromatic heterocycles. The zero-order valence-corrected chi connectivity index (χ0v) is 8.74. The van der Waals surface area contributed by atoms with Crippen LogP contribution in [-0.2, 0) is 0 Å². The lowest BCUT2D eigenvalue weighted by atomic mass is 10.1. The molecular formula is C10H12FN3O2. The second-order valence-corrected chi connectivity index (χ2v) is 3.15. The van der Waals surface area contributed by atoms with Crippen LogP contribution >= 0.6 is 0 Å². The number of nitrogens with zero attached hydrogens (tertiary/aromatic N) is 1. The van der Waals surface area contributed by atoms with Gasteiger partial charge in [-0.05, 0) is 7.05 Å². The molecule has 0 bridgehead atoms. The first-order chi connectivity index (χ1) is 7.56. The van der Waals surface area contributed by atoms with Gasteiger partial charge in [0.15, 0.2) is 5.82 Å². The van der Waals surface area contributed by atoms with Gasteiger partial charge in [0.25, 0.3) is 5.69 Å². The summed E-state index contributed by atoms with van der Waals surface area (Å²) < 4.78 is 13.2. The van der Waals surface area contributed by atoms with Crippen molar-refractivity contribution in [1.29, 1.82) is 0 Å². The molecule has 0 amide bonds. The molecule has 1 aromatic rings. The molecular weight excluding hydrogens is 213 g/mol. The van der Waals surface area contributed by atoms with Crippen LogP contribution in [0.5, 0.6) is 0 Å². The van der Waals surface area contributed by atoms with Crippen LogP contribution in [0, 0.1) is 15.9 Å². The number of nitro groups is 1. The van der Waals surface area contributed by atoms with Gasteiger partial charge in [0.2, 0.25) is 0 Å². The first-order valence-electron chi connectivity index (χ1n) is 4.60. The van der Waals surface area contributed by atoms with E-state index in [-0.39, 0.29) is 11.4 Å². The van der Waals surface area contributed by atoms with Crippen molar-refractivity contribution in [1.82, 2.24) is 5.32 Å². The van der Waals surface area contributed by atoms with E-state index in [0.29, 0.717) is 12.1 Å². The van der Waals surface area contributed by atoms with E-state index in [1.54, 1.807) is 19.2 Å². The molecule has 16 heavy (non-hydrogen) atoms. The van der Waals surface area contributed by atoms with Crippen molar-refractivity contribution in [2.75, 3.05) is 19.3 Å². The Hall–Kier alpha value is -1.95. The van der Waals surface area contributed by atoms with Gasteiger partial charge in [-0.2, -0.15) is 0 Å². The molecule has 0 unspecified atom stereocenters. The van der Waals surface area contributed by atoms with Crippen LogP contribution < -0.4 is 11.1 Å². The number of nitrogens with two attached hydrogens (primary N) is 1. The minimum Gasteiger partial charge on any atom is -0.396 e. The number of nitro benzene ring substituents is 1. The monoisotopic (exact) mass is 225 g/mol. The number of likely N-dealkylation sites (N-methyl/N-ethyl adjacent to an activating group) is 1. The highest BCUT2D eigenvalue weighted by molar-refractivity contribution is 5.68. The van der Waals surface area contributed by atoms with E-state index < -0.39 is 10.7 Å². The van der Waals surface area contributed by atoms with Gasteiger partial charge in [-0.25, -0.2) is 4.39 Å². The third-order valence-corrected chi connectivity index (χ3v) is 1.98. The Morgan fingerprint density at radius 3 is 2.88 bits per heavy atom. The van der Waals surface area contributed by atoms with Gasteiger partial charge in [0.1, 0.15) is 0 Å². The largest absolute Gasteiger partial charge is 0.396 e. The van der Waals surface area contributed by atoms with Gasteiger partial charge < -0.3 is 11.1 Å². The minimum atomic E-state index is -0.779. The van der Waals surface area contributed by atoms with Crippen molar-refractivity contribution in [2.45, 2.75) is 0 Å². The van der Waals surface area contributed by atoms with E-state index in [1.165, 1.54) is 6.07 Å². The number of nitrogen functional groups attached to an aromatic ring is 1. The molecule has 0 saturated carbocycles. The molecule has 0 spiro atoms. The summed E-state index contributed by atoms with van der Waals surface area (Å²) in [6.45, 7) is 0.573. The highest BCUT2D eigenvalue weighted by Gasteiger charge is 2.12. The standard InChI is InChI=1S/C10H12FN3O2/c1-13-4-2-3-7-5-8(14(15)16)6-9(11)10(7)12/h2-3,5-6,13H,4,12H2,1H3. The molecule has 0 radical (unpaired) electrons. The van der Waals surface area contributed by atoms with Gasteiger partial charge >= 0.3 is 0 Å².